The first-order valence-corrected chi connectivity index (χ1v) is 24.8. The van der Waals surface area contributed by atoms with E-state index in [1.165, 1.54) is 82.2 Å². The number of fused-ring (bicyclic) bond motifs is 8. The smallest absolute Gasteiger partial charge is 0.375 e. The molecule has 4 heterocycles. The molecule has 5 heteroatoms. The van der Waals surface area contributed by atoms with Gasteiger partial charge in [0.25, 0.3) is 0 Å². The van der Waals surface area contributed by atoms with E-state index >= 15 is 0 Å². The van der Waals surface area contributed by atoms with Crippen LogP contribution in [0.5, 0.6) is 0 Å². The molecular weight excluding hydrogens is 804 g/mol. The van der Waals surface area contributed by atoms with E-state index in [2.05, 4.69) is 249 Å². The maximum atomic E-state index is 7.41. The number of para-hydroxylation sites is 3. The lowest BCUT2D eigenvalue weighted by Gasteiger charge is -2.51. The van der Waals surface area contributed by atoms with Crippen LogP contribution in [0.2, 0.25) is 0 Å². The average Bonchev–Trinajstić information content (AvgIpc) is 3.75. The molecule has 13 rings (SSSR count). The lowest BCUT2D eigenvalue weighted by atomic mass is 9.45. The van der Waals surface area contributed by atoms with Crippen LogP contribution in [0, 0.1) is 0 Å². The fourth-order valence-electron chi connectivity index (χ4n) is 11.4. The molecule has 0 spiro atoms. The van der Waals surface area contributed by atoms with Crippen molar-refractivity contribution in [3.8, 4) is 33.4 Å². The molecule has 0 saturated heterocycles. The molecule has 3 nitrogen and oxygen atoms in total. The van der Waals surface area contributed by atoms with E-state index in [1.54, 1.807) is 0 Å². The third-order valence-corrected chi connectivity index (χ3v) is 19.1. The van der Waals surface area contributed by atoms with Gasteiger partial charge in [-0.05, 0) is 102 Å². The Bertz CT molecular complexity index is 3450. The van der Waals surface area contributed by atoms with Crippen LogP contribution < -0.4 is 41.6 Å². The zero-order chi connectivity index (χ0) is 43.4. The predicted octanol–water partition coefficient (Wildman–Crippen LogP) is 11.5. The third-order valence-electron chi connectivity index (χ3n) is 14.2. The van der Waals surface area contributed by atoms with Gasteiger partial charge in [-0.1, -0.05) is 197 Å². The van der Waals surface area contributed by atoms with E-state index in [-0.39, 0.29) is 12.3 Å². The molecular formula is C60H45BN2OSi. The Morgan fingerprint density at radius 1 is 0.446 bits per heavy atom. The van der Waals surface area contributed by atoms with Gasteiger partial charge in [0.05, 0.1) is 11.4 Å². The summed E-state index contributed by atoms with van der Waals surface area (Å²) in [5, 5.41) is 6.63. The predicted molar refractivity (Wildman–Crippen MR) is 277 cm³/mol. The normalized spacial score (nSPS) is 14.1. The molecule has 3 aliphatic heterocycles. The topological polar surface area (TPSA) is 19.6 Å². The summed E-state index contributed by atoms with van der Waals surface area (Å²) in [7, 11) is -2.91. The van der Waals surface area contributed by atoms with Crippen molar-refractivity contribution in [1.82, 2.24) is 0 Å². The van der Waals surface area contributed by atoms with E-state index in [9.17, 15) is 0 Å². The van der Waals surface area contributed by atoms with Gasteiger partial charge in [0.2, 0.25) is 0 Å². The molecule has 0 radical (unpaired) electrons. The number of furan rings is 1. The number of rotatable bonds is 5. The minimum absolute atomic E-state index is 0.0456. The van der Waals surface area contributed by atoms with Gasteiger partial charge >= 0.3 is 6.85 Å². The summed E-state index contributed by atoms with van der Waals surface area (Å²) in [6.45, 7) is 6.66. The van der Waals surface area contributed by atoms with Crippen LogP contribution in [0.25, 0.3) is 44.3 Å². The maximum absolute atomic E-state index is 7.41. The third kappa shape index (κ3) is 5.43. The van der Waals surface area contributed by atoms with Crippen molar-refractivity contribution in [2.75, 3.05) is 9.71 Å². The van der Waals surface area contributed by atoms with Crippen LogP contribution in [0.3, 0.4) is 0 Å². The molecule has 65 heavy (non-hydrogen) atoms. The highest BCUT2D eigenvalue weighted by molar-refractivity contribution is 7.22. The number of hydrogen-bond donors (Lipinski definition) is 0. The second kappa shape index (κ2) is 14.2. The molecule has 3 aliphatic rings. The monoisotopic (exact) mass is 848 g/mol. The fraction of sp³-hybridized carbons (Fsp3) is 0.0667. The van der Waals surface area contributed by atoms with Crippen molar-refractivity contribution in [3.05, 3.63) is 224 Å². The summed E-state index contributed by atoms with van der Waals surface area (Å²) < 4.78 is 7.41. The highest BCUT2D eigenvalue weighted by Gasteiger charge is 2.56. The van der Waals surface area contributed by atoms with E-state index in [0.717, 1.165) is 28.0 Å². The summed E-state index contributed by atoms with van der Waals surface area (Å²) in [6.07, 6.45) is 0. The van der Waals surface area contributed by atoms with Crippen molar-refractivity contribution < 1.29 is 4.42 Å². The summed E-state index contributed by atoms with van der Waals surface area (Å²) in [6, 6.07) is 81.6. The number of hydrogen-bond acceptors (Lipinski definition) is 3. The number of anilines is 5. The van der Waals surface area contributed by atoms with E-state index in [0.29, 0.717) is 0 Å². The molecule has 0 amide bonds. The molecule has 0 aliphatic carbocycles. The highest BCUT2D eigenvalue weighted by Crippen LogP contribution is 2.52. The van der Waals surface area contributed by atoms with Gasteiger partial charge in [0.15, 0.2) is 8.07 Å². The van der Waals surface area contributed by atoms with Crippen molar-refractivity contribution in [2.45, 2.75) is 26.2 Å². The lowest BCUT2D eigenvalue weighted by molar-refractivity contribution is 0.590. The number of nitrogens with zero attached hydrogens (tertiary/aromatic N) is 2. The molecule has 0 bridgehead atoms. The van der Waals surface area contributed by atoms with Crippen molar-refractivity contribution in [1.29, 1.82) is 0 Å². The molecule has 308 valence electrons. The zero-order valence-electron chi connectivity index (χ0n) is 36.7. The molecule has 10 aromatic rings. The molecule has 0 fully saturated rings. The molecule has 0 unspecified atom stereocenters. The lowest BCUT2D eigenvalue weighted by Crippen LogP contribution is -2.79. The van der Waals surface area contributed by atoms with Gasteiger partial charge in [-0.25, -0.2) is 0 Å². The van der Waals surface area contributed by atoms with Crippen LogP contribution in [0.15, 0.2) is 223 Å². The Morgan fingerprint density at radius 3 is 1.77 bits per heavy atom. The van der Waals surface area contributed by atoms with Crippen molar-refractivity contribution >= 4 is 86.2 Å². The molecule has 1 aromatic heterocycles. The highest BCUT2D eigenvalue weighted by atomic mass is 28.3. The van der Waals surface area contributed by atoms with Gasteiger partial charge in [-0.2, -0.15) is 0 Å². The Hall–Kier alpha value is -7.60. The Labute approximate surface area is 382 Å². The van der Waals surface area contributed by atoms with Crippen LogP contribution in [0.1, 0.15) is 26.3 Å². The summed E-state index contributed by atoms with van der Waals surface area (Å²) in [4.78, 5) is 5.22. The van der Waals surface area contributed by atoms with Gasteiger partial charge < -0.3 is 14.1 Å². The van der Waals surface area contributed by atoms with E-state index < -0.39 is 8.07 Å². The summed E-state index contributed by atoms with van der Waals surface area (Å²) >= 11 is 0. The largest absolute Gasteiger partial charge is 0.466 e. The maximum Gasteiger partial charge on any atom is 0.375 e. The van der Waals surface area contributed by atoms with Crippen LogP contribution >= 0.6 is 0 Å². The Kier molecular flexibility index (Phi) is 8.28. The molecule has 0 saturated carbocycles. The molecule has 0 atom stereocenters. The number of benzene rings is 9. The minimum atomic E-state index is -2.91. The first-order valence-electron chi connectivity index (χ1n) is 22.8. The second-order valence-electron chi connectivity index (χ2n) is 18.8. The van der Waals surface area contributed by atoms with Gasteiger partial charge in [-0.3, -0.25) is 0 Å². The summed E-state index contributed by atoms with van der Waals surface area (Å²) in [5.74, 6) is 0. The standard InChI is InChI=1S/C60H45BN2OSi/c1-60(2,3)43-35-36-50(48(39-43)41-23-10-5-11-24-41)62-52-38-42(40-21-8-4-9-22-40)37-49-46-30-20-34-55-57(46)63(61(56(49)52)59-58(62)47-29-16-18-32-53(47)64-59)51-31-17-19-33-54(51)65(55,44-25-12-6-13-26-44)45-27-14-7-15-28-45/h4-39H,1-3H3. The first kappa shape index (κ1) is 37.9. The van der Waals surface area contributed by atoms with Crippen molar-refractivity contribution in [3.63, 3.8) is 0 Å². The van der Waals surface area contributed by atoms with Crippen LogP contribution in [-0.4, -0.2) is 14.9 Å². The van der Waals surface area contributed by atoms with Crippen LogP contribution in [-0.2, 0) is 5.41 Å². The molecule has 9 aromatic carbocycles. The van der Waals surface area contributed by atoms with Gasteiger partial charge in [0.1, 0.15) is 11.2 Å². The van der Waals surface area contributed by atoms with E-state index in [1.807, 2.05) is 0 Å². The minimum Gasteiger partial charge on any atom is -0.466 e. The van der Waals surface area contributed by atoms with Gasteiger partial charge in [0, 0.05) is 33.6 Å². The Morgan fingerprint density at radius 2 is 1.06 bits per heavy atom. The molecule has 0 N–H and O–H groups in total. The first-order chi connectivity index (χ1) is 31.9. The zero-order valence-corrected chi connectivity index (χ0v) is 37.7. The van der Waals surface area contributed by atoms with Gasteiger partial charge in [-0.15, -0.1) is 0 Å². The quantitative estimate of drug-likeness (QED) is 0.161. The average molecular weight is 849 g/mol. The van der Waals surface area contributed by atoms with E-state index in [4.69, 9.17) is 4.42 Å². The Balaban J connectivity index is 1.20. The SMILES string of the molecule is CC(C)(C)c1ccc(N2c3cc(-c4ccccc4)cc4c3B(c3oc5ccccc5c32)N2c3ccccc3[Si](c3ccccc3)(c3ccccc3)c3cccc-4c32)c(-c2ccccc2)c1. The fourth-order valence-corrected chi connectivity index (χ4v) is 16.6. The van der Waals surface area contributed by atoms with Crippen molar-refractivity contribution in [2.24, 2.45) is 0 Å². The van der Waals surface area contributed by atoms with Crippen LogP contribution in [0.4, 0.5) is 28.4 Å². The second-order valence-corrected chi connectivity index (χ2v) is 22.5. The summed E-state index contributed by atoms with van der Waals surface area (Å²) in [5.41, 5.74) is 17.5.